The molecule has 0 saturated carbocycles. The highest BCUT2D eigenvalue weighted by Crippen LogP contribution is 2.08. The minimum Gasteiger partial charge on any atom is -0.469 e. The van der Waals surface area contributed by atoms with Crippen LogP contribution in [-0.2, 0) is 13.0 Å². The Hall–Kier alpha value is -1.55. The molecule has 1 saturated heterocycles. The van der Waals surface area contributed by atoms with Gasteiger partial charge in [0.25, 0.3) is 0 Å². The van der Waals surface area contributed by atoms with Crippen molar-refractivity contribution in [2.24, 2.45) is 4.99 Å². The number of hydrogen-bond acceptors (Lipinski definition) is 5. The summed E-state index contributed by atoms with van der Waals surface area (Å²) in [7, 11) is 0. The van der Waals surface area contributed by atoms with Crippen LogP contribution in [0.3, 0.4) is 0 Å². The van der Waals surface area contributed by atoms with Gasteiger partial charge in [-0.2, -0.15) is 0 Å². The van der Waals surface area contributed by atoms with Gasteiger partial charge in [-0.1, -0.05) is 18.5 Å². The molecule has 0 bridgehead atoms. The summed E-state index contributed by atoms with van der Waals surface area (Å²) in [5.41, 5.74) is 0.992. The van der Waals surface area contributed by atoms with Crippen molar-refractivity contribution in [1.29, 1.82) is 0 Å². The van der Waals surface area contributed by atoms with Crippen LogP contribution in [0, 0.1) is 0 Å². The zero-order chi connectivity index (χ0) is 18.0. The smallest absolute Gasteiger partial charge is 0.194 e. The van der Waals surface area contributed by atoms with E-state index in [1.54, 1.807) is 12.5 Å². The highest BCUT2D eigenvalue weighted by atomic mass is 127. The van der Waals surface area contributed by atoms with Crippen LogP contribution < -0.4 is 5.32 Å². The maximum atomic E-state index is 5.41. The third kappa shape index (κ3) is 7.17. The first kappa shape index (κ1) is 21.7. The Labute approximate surface area is 178 Å². The molecule has 1 fully saturated rings. The molecular formula is C19H30IN5O2. The summed E-state index contributed by atoms with van der Waals surface area (Å²) in [6.45, 7) is 8.68. The lowest BCUT2D eigenvalue weighted by molar-refractivity contribution is 0.169. The first-order chi connectivity index (χ1) is 12.8. The fourth-order valence-electron chi connectivity index (χ4n) is 3.03. The van der Waals surface area contributed by atoms with Gasteiger partial charge in [-0.25, -0.2) is 0 Å². The Morgan fingerprint density at radius 2 is 2.07 bits per heavy atom. The SMILES string of the molecule is CCCCN=C(NCCc1ccco1)N1CCN(Cc2ccon2)CC1.I. The van der Waals surface area contributed by atoms with Crippen molar-refractivity contribution >= 4 is 29.9 Å². The molecule has 2 aromatic rings. The van der Waals surface area contributed by atoms with Gasteiger partial charge < -0.3 is 19.2 Å². The second-order valence-electron chi connectivity index (χ2n) is 6.57. The van der Waals surface area contributed by atoms with Crippen LogP contribution in [0.15, 0.2) is 44.7 Å². The summed E-state index contributed by atoms with van der Waals surface area (Å²) in [5.74, 6) is 2.02. The standard InChI is InChI=1S/C19H29N5O2.HI/c1-2-3-8-20-19(21-9-6-18-5-4-14-25-18)24-12-10-23(11-13-24)16-17-7-15-26-22-17;/h4-5,7,14-15H,2-3,6,8-13,16H2,1H3,(H,20,21);1H. The molecule has 3 heterocycles. The van der Waals surface area contributed by atoms with Crippen molar-refractivity contribution in [1.82, 2.24) is 20.3 Å². The lowest BCUT2D eigenvalue weighted by Gasteiger charge is -2.36. The van der Waals surface area contributed by atoms with Gasteiger partial charge in [0.1, 0.15) is 12.0 Å². The van der Waals surface area contributed by atoms with Crippen molar-refractivity contribution < 1.29 is 8.94 Å². The van der Waals surface area contributed by atoms with Crippen LogP contribution in [0.1, 0.15) is 31.2 Å². The van der Waals surface area contributed by atoms with Crippen molar-refractivity contribution in [2.45, 2.75) is 32.7 Å². The average molecular weight is 487 g/mol. The lowest BCUT2D eigenvalue weighted by Crippen LogP contribution is -2.52. The van der Waals surface area contributed by atoms with Crippen LogP contribution in [0.25, 0.3) is 0 Å². The number of nitrogens with one attached hydrogen (secondary N) is 1. The molecule has 3 rings (SSSR count). The molecule has 0 aromatic carbocycles. The summed E-state index contributed by atoms with van der Waals surface area (Å²) < 4.78 is 10.3. The minimum absolute atomic E-state index is 0. The summed E-state index contributed by atoms with van der Waals surface area (Å²) in [6.07, 6.45) is 6.50. The number of furan rings is 1. The lowest BCUT2D eigenvalue weighted by atomic mass is 10.3. The first-order valence-corrected chi connectivity index (χ1v) is 9.52. The van der Waals surface area contributed by atoms with Gasteiger partial charge in [0.2, 0.25) is 0 Å². The van der Waals surface area contributed by atoms with Crippen molar-refractivity contribution in [2.75, 3.05) is 39.3 Å². The molecule has 1 N–H and O–H groups in total. The van der Waals surface area contributed by atoms with Crippen molar-refractivity contribution in [3.05, 3.63) is 42.2 Å². The topological polar surface area (TPSA) is 70.0 Å². The molecule has 150 valence electrons. The van der Waals surface area contributed by atoms with Gasteiger partial charge in [-0.3, -0.25) is 9.89 Å². The molecule has 2 aromatic heterocycles. The number of aliphatic imine (C=N–C) groups is 1. The molecule has 0 amide bonds. The van der Waals surface area contributed by atoms with E-state index >= 15 is 0 Å². The molecule has 27 heavy (non-hydrogen) atoms. The second-order valence-corrected chi connectivity index (χ2v) is 6.57. The van der Waals surface area contributed by atoms with Gasteiger partial charge in [-0.15, -0.1) is 24.0 Å². The van der Waals surface area contributed by atoms with E-state index < -0.39 is 0 Å². The van der Waals surface area contributed by atoms with Crippen LogP contribution in [0.2, 0.25) is 0 Å². The van der Waals surface area contributed by atoms with E-state index in [4.69, 9.17) is 13.9 Å². The number of unbranched alkanes of at least 4 members (excludes halogenated alkanes) is 1. The molecule has 1 aliphatic heterocycles. The van der Waals surface area contributed by atoms with E-state index in [0.29, 0.717) is 0 Å². The van der Waals surface area contributed by atoms with Crippen molar-refractivity contribution in [3.8, 4) is 0 Å². The zero-order valence-corrected chi connectivity index (χ0v) is 18.3. The van der Waals surface area contributed by atoms with E-state index in [-0.39, 0.29) is 24.0 Å². The Bertz CT molecular complexity index is 637. The second kappa shape index (κ2) is 12.0. The van der Waals surface area contributed by atoms with Gasteiger partial charge in [0.15, 0.2) is 5.96 Å². The maximum absolute atomic E-state index is 5.41. The van der Waals surface area contributed by atoms with E-state index in [9.17, 15) is 0 Å². The Morgan fingerprint density at radius 1 is 1.22 bits per heavy atom. The number of rotatable bonds is 8. The number of nitrogens with zero attached hydrogens (tertiary/aromatic N) is 4. The Balaban J connectivity index is 0.00000261. The van der Waals surface area contributed by atoms with E-state index in [0.717, 1.165) is 82.5 Å². The van der Waals surface area contributed by atoms with E-state index in [2.05, 4.69) is 27.2 Å². The average Bonchev–Trinajstić information content (AvgIpc) is 3.35. The Morgan fingerprint density at radius 3 is 2.74 bits per heavy atom. The number of halogens is 1. The zero-order valence-electron chi connectivity index (χ0n) is 16.0. The van der Waals surface area contributed by atoms with Gasteiger partial charge in [-0.05, 0) is 18.6 Å². The third-order valence-electron chi connectivity index (χ3n) is 4.56. The molecule has 0 spiro atoms. The highest BCUT2D eigenvalue weighted by Gasteiger charge is 2.20. The summed E-state index contributed by atoms with van der Waals surface area (Å²) in [6, 6.07) is 5.87. The van der Waals surface area contributed by atoms with Gasteiger partial charge >= 0.3 is 0 Å². The molecule has 0 unspecified atom stereocenters. The molecule has 0 radical (unpaired) electrons. The summed E-state index contributed by atoms with van der Waals surface area (Å²) >= 11 is 0. The third-order valence-corrected chi connectivity index (χ3v) is 4.56. The summed E-state index contributed by atoms with van der Waals surface area (Å²) in [4.78, 5) is 9.57. The van der Waals surface area contributed by atoms with Crippen LogP contribution in [-0.4, -0.2) is 60.2 Å². The molecule has 0 atom stereocenters. The largest absolute Gasteiger partial charge is 0.469 e. The van der Waals surface area contributed by atoms with Gasteiger partial charge in [0, 0.05) is 58.3 Å². The van der Waals surface area contributed by atoms with Crippen LogP contribution in [0.4, 0.5) is 0 Å². The summed E-state index contributed by atoms with van der Waals surface area (Å²) in [5, 5.41) is 7.52. The normalized spacial score (nSPS) is 15.6. The highest BCUT2D eigenvalue weighted by molar-refractivity contribution is 14.0. The van der Waals surface area contributed by atoms with Crippen molar-refractivity contribution in [3.63, 3.8) is 0 Å². The first-order valence-electron chi connectivity index (χ1n) is 9.52. The quantitative estimate of drug-likeness (QED) is 0.267. The monoisotopic (exact) mass is 487 g/mol. The minimum atomic E-state index is 0. The van der Waals surface area contributed by atoms with E-state index in [1.165, 1.54) is 0 Å². The van der Waals surface area contributed by atoms with Crippen LogP contribution >= 0.6 is 24.0 Å². The molecular weight excluding hydrogens is 457 g/mol. The molecule has 0 aliphatic carbocycles. The predicted molar refractivity (Wildman–Crippen MR) is 116 cm³/mol. The number of guanidine groups is 1. The predicted octanol–water partition coefficient (Wildman–Crippen LogP) is 2.99. The molecule has 8 heteroatoms. The van der Waals surface area contributed by atoms with Crippen LogP contribution in [0.5, 0.6) is 0 Å². The van der Waals surface area contributed by atoms with Gasteiger partial charge in [0.05, 0.1) is 12.0 Å². The fourth-order valence-corrected chi connectivity index (χ4v) is 3.03. The molecule has 7 nitrogen and oxygen atoms in total. The molecule has 1 aliphatic rings. The van der Waals surface area contributed by atoms with E-state index in [1.807, 2.05) is 18.2 Å². The maximum Gasteiger partial charge on any atom is 0.194 e. The number of hydrogen-bond donors (Lipinski definition) is 1. The Kier molecular flexibility index (Phi) is 9.68. The number of piperazine rings is 1. The fraction of sp³-hybridized carbons (Fsp3) is 0.579. The number of aromatic nitrogens is 1.